The van der Waals surface area contributed by atoms with Crippen molar-refractivity contribution in [2.75, 3.05) is 18.4 Å². The Kier molecular flexibility index (Phi) is 7.21. The summed E-state index contributed by atoms with van der Waals surface area (Å²) in [6.07, 6.45) is 0.132. The van der Waals surface area contributed by atoms with Crippen LogP contribution in [0.5, 0.6) is 0 Å². The number of aryl methyl sites for hydroxylation is 1. The van der Waals surface area contributed by atoms with E-state index in [1.165, 1.54) is 18.7 Å². The first kappa shape index (κ1) is 26.9. The highest BCUT2D eigenvalue weighted by Crippen LogP contribution is 2.44. The van der Waals surface area contributed by atoms with Crippen LogP contribution >= 0.6 is 11.3 Å². The second-order valence-corrected chi connectivity index (χ2v) is 10.4. The number of pyridine rings is 1. The molecular formula is C26H27F3N6O3S. The molecule has 1 saturated heterocycles. The third kappa shape index (κ3) is 5.28. The van der Waals surface area contributed by atoms with Crippen LogP contribution in [0.4, 0.5) is 18.9 Å². The van der Waals surface area contributed by atoms with Crippen molar-refractivity contribution in [2.24, 2.45) is 5.73 Å². The van der Waals surface area contributed by atoms with E-state index in [0.717, 1.165) is 32.0 Å². The molecule has 0 bridgehead atoms. The summed E-state index contributed by atoms with van der Waals surface area (Å²) < 4.78 is 48.8. The Morgan fingerprint density at radius 2 is 1.92 bits per heavy atom. The Morgan fingerprint density at radius 1 is 1.18 bits per heavy atom. The summed E-state index contributed by atoms with van der Waals surface area (Å²) in [5, 5.41) is 7.11. The van der Waals surface area contributed by atoms with Gasteiger partial charge >= 0.3 is 6.18 Å². The minimum absolute atomic E-state index is 0.00758. The van der Waals surface area contributed by atoms with Crippen molar-refractivity contribution in [1.82, 2.24) is 19.7 Å². The zero-order chi connectivity index (χ0) is 27.9. The van der Waals surface area contributed by atoms with E-state index in [-0.39, 0.29) is 32.1 Å². The van der Waals surface area contributed by atoms with Gasteiger partial charge in [0.25, 0.3) is 11.8 Å². The molecule has 9 nitrogen and oxygen atoms in total. The third-order valence-electron chi connectivity index (χ3n) is 6.82. The Bertz CT molecular complexity index is 1550. The number of nitrogens with one attached hydrogen (secondary N) is 1. The number of nitrogens with two attached hydrogens (primary N) is 1. The van der Waals surface area contributed by atoms with Gasteiger partial charge in [0.2, 0.25) is 0 Å². The van der Waals surface area contributed by atoms with Gasteiger partial charge in [0.15, 0.2) is 5.76 Å². The van der Waals surface area contributed by atoms with Crippen molar-refractivity contribution in [2.45, 2.75) is 52.4 Å². The van der Waals surface area contributed by atoms with E-state index in [1.807, 2.05) is 6.92 Å². The molecular weight excluding hydrogens is 533 g/mol. The Morgan fingerprint density at radius 3 is 2.56 bits per heavy atom. The van der Waals surface area contributed by atoms with Crippen LogP contribution in [-0.4, -0.2) is 44.6 Å². The van der Waals surface area contributed by atoms with Crippen molar-refractivity contribution in [3.05, 3.63) is 52.2 Å². The summed E-state index contributed by atoms with van der Waals surface area (Å²) in [4.78, 5) is 31.4. The van der Waals surface area contributed by atoms with Crippen LogP contribution in [-0.2, 0) is 19.3 Å². The number of halogens is 3. The lowest BCUT2D eigenvalue weighted by atomic mass is 10.0. The molecule has 13 heteroatoms. The summed E-state index contributed by atoms with van der Waals surface area (Å²) in [6.45, 7) is 6.57. The number of thiophene rings is 1. The highest BCUT2D eigenvalue weighted by molar-refractivity contribution is 7.21. The van der Waals surface area contributed by atoms with Crippen LogP contribution < -0.4 is 11.1 Å². The normalized spacial score (nSPS) is 14.7. The number of furan rings is 1. The number of nitrogens with zero attached hydrogens (tertiary/aromatic N) is 4. The molecule has 4 aromatic rings. The average molecular weight is 561 g/mol. The number of fused-ring (bicyclic) bond motifs is 1. The van der Waals surface area contributed by atoms with Crippen molar-refractivity contribution in [3.63, 3.8) is 0 Å². The second-order valence-electron chi connectivity index (χ2n) is 9.42. The van der Waals surface area contributed by atoms with Gasteiger partial charge in [0, 0.05) is 23.2 Å². The third-order valence-corrected chi connectivity index (χ3v) is 7.92. The molecule has 0 aromatic carbocycles. The van der Waals surface area contributed by atoms with Crippen LogP contribution in [0.15, 0.2) is 28.8 Å². The number of amides is 2. The molecule has 206 valence electrons. The van der Waals surface area contributed by atoms with Crippen molar-refractivity contribution in [1.29, 1.82) is 0 Å². The fraction of sp³-hybridized carbons (Fsp3) is 0.385. The van der Waals surface area contributed by atoms with Crippen LogP contribution in [0.1, 0.15) is 63.6 Å². The molecule has 1 aliphatic rings. The van der Waals surface area contributed by atoms with Crippen LogP contribution in [0.2, 0.25) is 0 Å². The van der Waals surface area contributed by atoms with E-state index in [9.17, 15) is 22.8 Å². The van der Waals surface area contributed by atoms with Gasteiger partial charge in [-0.3, -0.25) is 19.2 Å². The van der Waals surface area contributed by atoms with Crippen LogP contribution in [0.25, 0.3) is 21.3 Å². The molecule has 5 heterocycles. The minimum Gasteiger partial charge on any atom is -0.455 e. The molecule has 0 radical (unpaired) electrons. The first-order valence-electron chi connectivity index (χ1n) is 12.6. The number of anilines is 1. The summed E-state index contributed by atoms with van der Waals surface area (Å²) in [6, 6.07) is 4.15. The van der Waals surface area contributed by atoms with Crippen molar-refractivity contribution < 1.29 is 27.2 Å². The molecule has 4 aromatic heterocycles. The number of rotatable bonds is 7. The largest absolute Gasteiger partial charge is 0.455 e. The number of carbonyl (C=O) groups excluding carboxylic acids is 2. The monoisotopic (exact) mass is 560 g/mol. The molecule has 0 spiro atoms. The smallest absolute Gasteiger partial charge is 0.433 e. The fourth-order valence-electron chi connectivity index (χ4n) is 4.88. The summed E-state index contributed by atoms with van der Waals surface area (Å²) >= 11 is 0.690. The van der Waals surface area contributed by atoms with E-state index in [0.29, 0.717) is 41.4 Å². The van der Waals surface area contributed by atoms with Gasteiger partial charge < -0.3 is 15.5 Å². The Balaban J connectivity index is 1.58. The summed E-state index contributed by atoms with van der Waals surface area (Å²) in [5.74, 6) is -0.937. The number of piperidine rings is 1. The Hall–Kier alpha value is -3.71. The first-order chi connectivity index (χ1) is 18.6. The molecule has 5 rings (SSSR count). The molecule has 2 amide bonds. The predicted octanol–water partition coefficient (Wildman–Crippen LogP) is 5.44. The fourth-order valence-corrected chi connectivity index (χ4v) is 5.88. The molecule has 0 aliphatic carbocycles. The lowest BCUT2D eigenvalue weighted by molar-refractivity contribution is -0.140. The van der Waals surface area contributed by atoms with Gasteiger partial charge in [-0.15, -0.1) is 11.3 Å². The Labute approximate surface area is 225 Å². The topological polar surface area (TPSA) is 119 Å². The minimum atomic E-state index is -4.74. The SMILES string of the molecule is CCn1ncc(-c2cc(C(F)(F)F)nc3sc(C(N)=O)c(NC(=O)c4ccc(CN5CCCCC5)o4)c23)c1C. The summed E-state index contributed by atoms with van der Waals surface area (Å²) in [5.41, 5.74) is 5.63. The van der Waals surface area contributed by atoms with Crippen LogP contribution in [0.3, 0.4) is 0 Å². The molecule has 1 aliphatic heterocycles. The zero-order valence-corrected chi connectivity index (χ0v) is 22.2. The predicted molar refractivity (Wildman–Crippen MR) is 141 cm³/mol. The highest BCUT2D eigenvalue weighted by Gasteiger charge is 2.35. The maximum Gasteiger partial charge on any atom is 0.433 e. The number of hydrogen-bond acceptors (Lipinski definition) is 7. The number of carbonyl (C=O) groups is 2. The van der Waals surface area contributed by atoms with E-state index in [2.05, 4.69) is 20.3 Å². The number of aromatic nitrogens is 3. The van der Waals surface area contributed by atoms with E-state index in [4.69, 9.17) is 10.2 Å². The highest BCUT2D eigenvalue weighted by atomic mass is 32.1. The first-order valence-corrected chi connectivity index (χ1v) is 13.4. The molecule has 39 heavy (non-hydrogen) atoms. The number of alkyl halides is 3. The lowest BCUT2D eigenvalue weighted by Gasteiger charge is -2.25. The maximum atomic E-state index is 13.8. The summed E-state index contributed by atoms with van der Waals surface area (Å²) in [7, 11) is 0. The van der Waals surface area contributed by atoms with Gasteiger partial charge in [-0.1, -0.05) is 6.42 Å². The number of primary amides is 1. The molecule has 0 atom stereocenters. The number of hydrogen-bond donors (Lipinski definition) is 2. The van der Waals surface area contributed by atoms with Gasteiger partial charge in [-0.25, -0.2) is 4.98 Å². The second kappa shape index (κ2) is 10.5. The van der Waals surface area contributed by atoms with Crippen molar-refractivity contribution in [3.8, 4) is 11.1 Å². The van der Waals surface area contributed by atoms with Crippen LogP contribution in [0, 0.1) is 6.92 Å². The molecule has 0 unspecified atom stereocenters. The average Bonchev–Trinajstić information content (AvgIpc) is 3.61. The van der Waals surface area contributed by atoms with E-state index >= 15 is 0 Å². The standard InChI is InChI=1S/C26H27F3N6O3S/c1-3-35-14(2)17(12-31-35)16-11-19(26(27,28)29)32-25-20(16)21(22(39-25)23(30)36)33-24(37)18-8-7-15(38-18)13-34-9-5-4-6-10-34/h7-8,11-12H,3-6,9-10,13H2,1-2H3,(H2,30,36)(H,33,37). The molecule has 1 fully saturated rings. The number of likely N-dealkylation sites (tertiary alicyclic amines) is 1. The van der Waals surface area contributed by atoms with Crippen molar-refractivity contribution >= 4 is 39.1 Å². The van der Waals surface area contributed by atoms with Gasteiger partial charge in [0.05, 0.1) is 18.4 Å². The van der Waals surface area contributed by atoms with Gasteiger partial charge in [-0.05, 0) is 63.5 Å². The van der Waals surface area contributed by atoms with Gasteiger partial charge in [0.1, 0.15) is 21.2 Å². The van der Waals surface area contributed by atoms with E-state index in [1.54, 1.807) is 17.7 Å². The maximum absolute atomic E-state index is 13.8. The van der Waals surface area contributed by atoms with E-state index < -0.39 is 23.7 Å². The lowest BCUT2D eigenvalue weighted by Crippen LogP contribution is -2.28. The van der Waals surface area contributed by atoms with Gasteiger partial charge in [-0.2, -0.15) is 18.3 Å². The molecule has 0 saturated carbocycles. The molecule has 3 N–H and O–H groups in total. The zero-order valence-electron chi connectivity index (χ0n) is 21.4. The quantitative estimate of drug-likeness (QED) is 0.311.